The van der Waals surface area contributed by atoms with Gasteiger partial charge in [0.2, 0.25) is 10.0 Å². The molecule has 0 saturated heterocycles. The van der Waals surface area contributed by atoms with E-state index >= 15 is 0 Å². The number of hydrogen-bond acceptors (Lipinski definition) is 5. The lowest BCUT2D eigenvalue weighted by Gasteiger charge is -2.12. The average Bonchev–Trinajstić information content (AvgIpc) is 2.66. The van der Waals surface area contributed by atoms with E-state index in [1.807, 2.05) is 24.3 Å². The minimum atomic E-state index is -3.37. The van der Waals surface area contributed by atoms with Gasteiger partial charge in [-0.25, -0.2) is 13.1 Å². The fourth-order valence-corrected chi connectivity index (χ4v) is 3.78. The van der Waals surface area contributed by atoms with Crippen molar-refractivity contribution in [2.45, 2.75) is 19.5 Å². The van der Waals surface area contributed by atoms with Gasteiger partial charge in [-0.1, -0.05) is 29.8 Å². The van der Waals surface area contributed by atoms with Crippen LogP contribution in [0.2, 0.25) is 5.02 Å². The lowest BCUT2D eigenvalue weighted by molar-refractivity contribution is 0.390. The fraction of sp³-hybridized carbons (Fsp3) is 0.368. The van der Waals surface area contributed by atoms with Crippen LogP contribution in [0.1, 0.15) is 17.5 Å². The summed E-state index contributed by atoms with van der Waals surface area (Å²) in [6, 6.07) is 12.8. The maximum absolute atomic E-state index is 12.2. The van der Waals surface area contributed by atoms with E-state index in [0.717, 1.165) is 11.1 Å². The summed E-state index contributed by atoms with van der Waals surface area (Å²) in [5.41, 5.74) is 1.82. The second-order valence-corrected chi connectivity index (χ2v) is 8.34. The van der Waals surface area contributed by atoms with E-state index in [2.05, 4.69) is 10.0 Å². The molecule has 2 aromatic carbocycles. The molecule has 0 aliphatic rings. The van der Waals surface area contributed by atoms with Crippen molar-refractivity contribution in [2.75, 3.05) is 26.5 Å². The molecule has 0 amide bonds. The first-order chi connectivity index (χ1) is 12.9. The Balaban J connectivity index is 1.75. The van der Waals surface area contributed by atoms with Crippen molar-refractivity contribution in [3.8, 4) is 11.5 Å². The number of ether oxygens (including phenoxy) is 2. The van der Waals surface area contributed by atoms with Gasteiger partial charge in [-0.3, -0.25) is 0 Å². The van der Waals surface area contributed by atoms with Crippen LogP contribution < -0.4 is 19.5 Å². The first-order valence-corrected chi connectivity index (χ1v) is 10.6. The van der Waals surface area contributed by atoms with Crippen LogP contribution in [0.4, 0.5) is 0 Å². The Bertz CT molecular complexity index is 843. The lowest BCUT2D eigenvalue weighted by Crippen LogP contribution is -2.28. The Hall–Kier alpha value is -1.80. The summed E-state index contributed by atoms with van der Waals surface area (Å²) in [7, 11) is -0.263. The summed E-state index contributed by atoms with van der Waals surface area (Å²) >= 11 is 5.94. The van der Waals surface area contributed by atoms with Gasteiger partial charge >= 0.3 is 0 Å². The van der Waals surface area contributed by atoms with Gasteiger partial charge in [0.25, 0.3) is 0 Å². The topological polar surface area (TPSA) is 76.7 Å². The van der Waals surface area contributed by atoms with Crippen LogP contribution in [-0.2, 0) is 23.1 Å². The Morgan fingerprint density at radius 3 is 2.56 bits per heavy atom. The second-order valence-electron chi connectivity index (χ2n) is 5.98. The molecule has 0 heterocycles. The predicted octanol–water partition coefficient (Wildman–Crippen LogP) is 2.96. The molecule has 2 N–H and O–H groups in total. The molecule has 0 atom stereocenters. The molecular weight excluding hydrogens is 388 g/mol. The Kier molecular flexibility index (Phi) is 8.37. The largest absolute Gasteiger partial charge is 0.497 e. The third kappa shape index (κ3) is 7.38. The van der Waals surface area contributed by atoms with E-state index < -0.39 is 10.0 Å². The van der Waals surface area contributed by atoms with Crippen molar-refractivity contribution in [2.24, 2.45) is 0 Å². The molecular formula is C19H25ClN2O4S. The van der Waals surface area contributed by atoms with E-state index in [4.69, 9.17) is 21.1 Å². The summed E-state index contributed by atoms with van der Waals surface area (Å²) in [4.78, 5) is 0. The van der Waals surface area contributed by atoms with Crippen molar-refractivity contribution in [1.82, 2.24) is 10.0 Å². The van der Waals surface area contributed by atoms with Crippen molar-refractivity contribution < 1.29 is 17.9 Å². The van der Waals surface area contributed by atoms with E-state index in [-0.39, 0.29) is 12.3 Å². The van der Waals surface area contributed by atoms with Gasteiger partial charge in [-0.15, -0.1) is 0 Å². The minimum Gasteiger partial charge on any atom is -0.497 e. The highest BCUT2D eigenvalue weighted by Crippen LogP contribution is 2.24. The highest BCUT2D eigenvalue weighted by atomic mass is 35.5. The van der Waals surface area contributed by atoms with Gasteiger partial charge in [0, 0.05) is 29.7 Å². The Morgan fingerprint density at radius 2 is 1.85 bits per heavy atom. The number of halogens is 1. The maximum atomic E-state index is 12.2. The monoisotopic (exact) mass is 412 g/mol. The van der Waals surface area contributed by atoms with E-state index in [0.29, 0.717) is 36.0 Å². The van der Waals surface area contributed by atoms with Crippen LogP contribution in [0.25, 0.3) is 0 Å². The number of hydrogen-bond donors (Lipinski definition) is 2. The number of benzene rings is 2. The minimum absolute atomic E-state index is 0.0496. The molecule has 0 saturated carbocycles. The number of rotatable bonds is 11. The zero-order valence-electron chi connectivity index (χ0n) is 15.5. The second kappa shape index (κ2) is 10.5. The molecule has 0 radical (unpaired) electrons. The zero-order valence-corrected chi connectivity index (χ0v) is 17.1. The van der Waals surface area contributed by atoms with Gasteiger partial charge < -0.3 is 14.8 Å². The zero-order chi connectivity index (χ0) is 19.7. The van der Waals surface area contributed by atoms with E-state index in [9.17, 15) is 8.42 Å². The SMILES string of the molecule is COc1ccc(CNS(=O)(=O)CCCNCc2cccc(Cl)c2)c(OC)c1. The van der Waals surface area contributed by atoms with Crippen LogP contribution in [0.15, 0.2) is 42.5 Å². The summed E-state index contributed by atoms with van der Waals surface area (Å²) in [5, 5.41) is 3.91. The Morgan fingerprint density at radius 1 is 1.04 bits per heavy atom. The highest BCUT2D eigenvalue weighted by Gasteiger charge is 2.12. The van der Waals surface area contributed by atoms with Gasteiger partial charge in [0.15, 0.2) is 0 Å². The molecule has 0 fully saturated rings. The summed E-state index contributed by atoms with van der Waals surface area (Å²) in [6.07, 6.45) is 0.510. The van der Waals surface area contributed by atoms with Gasteiger partial charge in [-0.2, -0.15) is 0 Å². The van der Waals surface area contributed by atoms with Gasteiger partial charge in [0.1, 0.15) is 11.5 Å². The molecule has 2 rings (SSSR count). The predicted molar refractivity (Wildman–Crippen MR) is 108 cm³/mol. The first-order valence-electron chi connectivity index (χ1n) is 8.57. The van der Waals surface area contributed by atoms with Crippen LogP contribution >= 0.6 is 11.6 Å². The first kappa shape index (κ1) is 21.5. The molecule has 8 heteroatoms. The molecule has 0 aliphatic heterocycles. The third-order valence-electron chi connectivity index (χ3n) is 3.96. The molecule has 148 valence electrons. The third-order valence-corrected chi connectivity index (χ3v) is 5.61. The van der Waals surface area contributed by atoms with Crippen molar-refractivity contribution in [3.05, 3.63) is 58.6 Å². The van der Waals surface area contributed by atoms with Crippen molar-refractivity contribution in [3.63, 3.8) is 0 Å². The number of nitrogens with one attached hydrogen (secondary N) is 2. The van der Waals surface area contributed by atoms with E-state index in [1.54, 1.807) is 32.4 Å². The average molecular weight is 413 g/mol. The quantitative estimate of drug-likeness (QED) is 0.555. The highest BCUT2D eigenvalue weighted by molar-refractivity contribution is 7.89. The van der Waals surface area contributed by atoms with Crippen LogP contribution in [-0.4, -0.2) is 34.9 Å². The molecule has 2 aromatic rings. The summed E-state index contributed by atoms with van der Waals surface area (Å²) in [6.45, 7) is 1.42. The normalized spacial score (nSPS) is 11.4. The fourth-order valence-electron chi connectivity index (χ4n) is 2.52. The van der Waals surface area contributed by atoms with Crippen LogP contribution in [0, 0.1) is 0 Å². The van der Waals surface area contributed by atoms with Crippen LogP contribution in [0.5, 0.6) is 11.5 Å². The van der Waals surface area contributed by atoms with E-state index in [1.165, 1.54) is 0 Å². The Labute approximate surface area is 165 Å². The maximum Gasteiger partial charge on any atom is 0.211 e. The molecule has 0 unspecified atom stereocenters. The molecule has 0 spiro atoms. The molecule has 0 bridgehead atoms. The van der Waals surface area contributed by atoms with Crippen molar-refractivity contribution >= 4 is 21.6 Å². The molecule has 27 heavy (non-hydrogen) atoms. The van der Waals surface area contributed by atoms with Crippen molar-refractivity contribution in [1.29, 1.82) is 0 Å². The standard InChI is InChI=1S/C19H25ClN2O4S/c1-25-18-8-7-16(19(12-18)26-2)14-22-27(23,24)10-4-9-21-13-15-5-3-6-17(20)11-15/h3,5-8,11-12,21-22H,4,9-10,13-14H2,1-2H3. The van der Waals surface area contributed by atoms with Gasteiger partial charge in [0.05, 0.1) is 20.0 Å². The lowest BCUT2D eigenvalue weighted by atomic mass is 10.2. The number of sulfonamides is 1. The molecule has 0 aliphatic carbocycles. The molecule has 6 nitrogen and oxygen atoms in total. The summed E-state index contributed by atoms with van der Waals surface area (Å²) in [5.74, 6) is 1.29. The number of methoxy groups -OCH3 is 2. The van der Waals surface area contributed by atoms with Gasteiger partial charge in [-0.05, 0) is 36.7 Å². The van der Waals surface area contributed by atoms with Crippen LogP contribution in [0.3, 0.4) is 0 Å². The smallest absolute Gasteiger partial charge is 0.211 e. The molecule has 0 aromatic heterocycles. The summed E-state index contributed by atoms with van der Waals surface area (Å²) < 4.78 is 37.4.